The number of carbonyl (C=O) groups is 1. The molecule has 0 unspecified atom stereocenters. The lowest BCUT2D eigenvalue weighted by Crippen LogP contribution is -2.33. The second-order valence-corrected chi connectivity index (χ2v) is 6.35. The Morgan fingerprint density at radius 2 is 2.29 bits per heavy atom. The molecular formula is C14H15ClN4OS. The molecule has 2 aromatic rings. The van der Waals surface area contributed by atoms with E-state index in [-0.39, 0.29) is 17.6 Å². The van der Waals surface area contributed by atoms with Gasteiger partial charge in [-0.15, -0.1) is 11.3 Å². The smallest absolute Gasteiger partial charge is 0.274 e. The van der Waals surface area contributed by atoms with Gasteiger partial charge in [0, 0.05) is 10.9 Å². The predicted molar refractivity (Wildman–Crippen MR) is 84.3 cm³/mol. The minimum atomic E-state index is -0.145. The number of hydrogen-bond acceptors (Lipinski definition) is 5. The molecule has 1 amide bonds. The molecule has 5 nitrogen and oxygen atoms in total. The first-order chi connectivity index (χ1) is 10.2. The normalized spacial score (nSPS) is 14.0. The molecule has 3 rings (SSSR count). The summed E-state index contributed by atoms with van der Waals surface area (Å²) in [4.78, 5) is 20.0. The van der Waals surface area contributed by atoms with Crippen molar-refractivity contribution in [1.29, 1.82) is 0 Å². The van der Waals surface area contributed by atoms with Crippen molar-refractivity contribution in [3.63, 3.8) is 0 Å². The Morgan fingerprint density at radius 1 is 1.48 bits per heavy atom. The van der Waals surface area contributed by atoms with Crippen LogP contribution in [-0.4, -0.2) is 21.8 Å². The van der Waals surface area contributed by atoms with Crippen molar-refractivity contribution in [2.75, 3.05) is 5.43 Å². The molecule has 1 saturated carbocycles. The number of nitrogen functional groups attached to an aromatic ring is 1. The fourth-order valence-corrected chi connectivity index (χ4v) is 3.02. The average Bonchev–Trinajstić information content (AvgIpc) is 3.21. The monoisotopic (exact) mass is 322 g/mol. The molecule has 1 fully saturated rings. The lowest BCUT2D eigenvalue weighted by molar-refractivity contribution is 0.0726. The third-order valence-electron chi connectivity index (χ3n) is 3.35. The number of rotatable bonds is 5. The lowest BCUT2D eigenvalue weighted by Gasteiger charge is -2.22. The first-order valence-corrected chi connectivity index (χ1v) is 7.91. The summed E-state index contributed by atoms with van der Waals surface area (Å²) >= 11 is 7.76. The molecular weight excluding hydrogens is 308 g/mol. The van der Waals surface area contributed by atoms with Crippen LogP contribution in [0.15, 0.2) is 29.6 Å². The van der Waals surface area contributed by atoms with Crippen LogP contribution in [0.3, 0.4) is 0 Å². The van der Waals surface area contributed by atoms with E-state index in [9.17, 15) is 4.79 Å². The zero-order valence-electron chi connectivity index (χ0n) is 11.3. The van der Waals surface area contributed by atoms with Gasteiger partial charge in [-0.25, -0.2) is 10.8 Å². The van der Waals surface area contributed by atoms with Gasteiger partial charge >= 0.3 is 0 Å². The van der Waals surface area contributed by atoms with Gasteiger partial charge in [0.25, 0.3) is 5.91 Å². The van der Waals surface area contributed by atoms with Crippen molar-refractivity contribution < 1.29 is 4.79 Å². The summed E-state index contributed by atoms with van der Waals surface area (Å²) in [5.74, 6) is 5.63. The van der Waals surface area contributed by atoms with Crippen LogP contribution in [0.25, 0.3) is 0 Å². The first kappa shape index (κ1) is 14.3. The molecule has 0 aliphatic heterocycles. The maximum atomic E-state index is 12.8. The number of pyridine rings is 1. The molecule has 1 aliphatic carbocycles. The number of nitrogens with two attached hydrogens (primary N) is 1. The summed E-state index contributed by atoms with van der Waals surface area (Å²) in [5, 5.41) is 2.35. The second kappa shape index (κ2) is 6.01. The van der Waals surface area contributed by atoms with E-state index in [1.807, 2.05) is 22.4 Å². The topological polar surface area (TPSA) is 71.2 Å². The molecule has 2 heterocycles. The van der Waals surface area contributed by atoms with Crippen molar-refractivity contribution in [2.24, 2.45) is 5.84 Å². The van der Waals surface area contributed by atoms with Crippen molar-refractivity contribution in [1.82, 2.24) is 9.88 Å². The number of aromatic nitrogens is 1. The van der Waals surface area contributed by atoms with Crippen LogP contribution in [0.2, 0.25) is 5.02 Å². The van der Waals surface area contributed by atoms with Crippen molar-refractivity contribution >= 4 is 34.7 Å². The van der Waals surface area contributed by atoms with Crippen LogP contribution in [0.1, 0.15) is 28.2 Å². The SMILES string of the molecule is NNc1ccc(Cl)c(C(=O)N(Cc2cccs2)C2CC2)n1. The zero-order valence-corrected chi connectivity index (χ0v) is 12.8. The van der Waals surface area contributed by atoms with Gasteiger partial charge in [0.1, 0.15) is 11.5 Å². The Kier molecular flexibility index (Phi) is 4.10. The largest absolute Gasteiger partial charge is 0.329 e. The average molecular weight is 323 g/mol. The highest BCUT2D eigenvalue weighted by Crippen LogP contribution is 2.31. The molecule has 7 heteroatoms. The lowest BCUT2D eigenvalue weighted by atomic mass is 10.3. The number of halogens is 1. The molecule has 110 valence electrons. The van der Waals surface area contributed by atoms with Crippen LogP contribution in [0.4, 0.5) is 5.82 Å². The van der Waals surface area contributed by atoms with Crippen molar-refractivity contribution in [3.05, 3.63) is 45.2 Å². The van der Waals surface area contributed by atoms with E-state index < -0.39 is 0 Å². The Hall–Kier alpha value is -1.63. The standard InChI is InChI=1S/C14H15ClN4OS/c15-11-5-6-12(18-16)17-13(11)14(20)19(9-3-4-9)8-10-2-1-7-21-10/h1-2,5-7,9H,3-4,8,16H2,(H,17,18). The fraction of sp³-hybridized carbons (Fsp3) is 0.286. The summed E-state index contributed by atoms with van der Waals surface area (Å²) in [6.07, 6.45) is 2.06. The van der Waals surface area contributed by atoms with Crippen molar-refractivity contribution in [3.8, 4) is 0 Å². The number of hydrogen-bond donors (Lipinski definition) is 2. The molecule has 0 spiro atoms. The number of nitrogens with one attached hydrogen (secondary N) is 1. The van der Waals surface area contributed by atoms with Crippen LogP contribution in [-0.2, 0) is 6.54 Å². The van der Waals surface area contributed by atoms with E-state index in [4.69, 9.17) is 17.4 Å². The first-order valence-electron chi connectivity index (χ1n) is 6.65. The molecule has 3 N–H and O–H groups in total. The van der Waals surface area contributed by atoms with Gasteiger partial charge in [-0.3, -0.25) is 4.79 Å². The summed E-state index contributed by atoms with van der Waals surface area (Å²) in [7, 11) is 0. The van der Waals surface area contributed by atoms with E-state index in [0.29, 0.717) is 17.4 Å². The quantitative estimate of drug-likeness (QED) is 0.656. The molecule has 0 aromatic carbocycles. The number of nitrogens with zero attached hydrogens (tertiary/aromatic N) is 2. The molecule has 1 aliphatic rings. The Bertz CT molecular complexity index is 642. The fourth-order valence-electron chi connectivity index (χ4n) is 2.13. The number of anilines is 1. The van der Waals surface area contributed by atoms with Gasteiger partial charge in [0.15, 0.2) is 0 Å². The summed E-state index contributed by atoms with van der Waals surface area (Å²) in [6, 6.07) is 7.57. The van der Waals surface area contributed by atoms with Gasteiger partial charge in [0.05, 0.1) is 11.6 Å². The summed E-state index contributed by atoms with van der Waals surface area (Å²) in [5.41, 5.74) is 2.69. The summed E-state index contributed by atoms with van der Waals surface area (Å²) in [6.45, 7) is 0.597. The van der Waals surface area contributed by atoms with Crippen LogP contribution < -0.4 is 11.3 Å². The van der Waals surface area contributed by atoms with Crippen LogP contribution >= 0.6 is 22.9 Å². The molecule has 2 aromatic heterocycles. The van der Waals surface area contributed by atoms with Crippen molar-refractivity contribution in [2.45, 2.75) is 25.4 Å². The number of amides is 1. The van der Waals surface area contributed by atoms with Crippen LogP contribution in [0.5, 0.6) is 0 Å². The molecule has 0 saturated heterocycles. The van der Waals surface area contributed by atoms with E-state index in [2.05, 4.69) is 10.4 Å². The second-order valence-electron chi connectivity index (χ2n) is 4.91. The highest BCUT2D eigenvalue weighted by atomic mass is 35.5. The van der Waals surface area contributed by atoms with Gasteiger partial charge in [0.2, 0.25) is 0 Å². The molecule has 0 radical (unpaired) electrons. The zero-order chi connectivity index (χ0) is 14.8. The van der Waals surface area contributed by atoms with Gasteiger partial charge in [-0.2, -0.15) is 0 Å². The number of thiophene rings is 1. The highest BCUT2D eigenvalue weighted by Gasteiger charge is 2.34. The van der Waals surface area contributed by atoms with Crippen LogP contribution in [0, 0.1) is 0 Å². The Morgan fingerprint density at radius 3 is 2.90 bits per heavy atom. The van der Waals surface area contributed by atoms with Gasteiger partial charge in [-0.1, -0.05) is 17.7 Å². The minimum absolute atomic E-state index is 0.145. The highest BCUT2D eigenvalue weighted by molar-refractivity contribution is 7.09. The van der Waals surface area contributed by atoms with E-state index in [1.54, 1.807) is 23.5 Å². The number of carbonyl (C=O) groups excluding carboxylic acids is 1. The van der Waals surface area contributed by atoms with Gasteiger partial charge < -0.3 is 10.3 Å². The molecule has 0 atom stereocenters. The van der Waals surface area contributed by atoms with E-state index in [1.165, 1.54) is 0 Å². The third kappa shape index (κ3) is 3.18. The minimum Gasteiger partial charge on any atom is -0.329 e. The van der Waals surface area contributed by atoms with Gasteiger partial charge in [-0.05, 0) is 36.4 Å². The molecule has 21 heavy (non-hydrogen) atoms. The van der Waals surface area contributed by atoms with E-state index >= 15 is 0 Å². The summed E-state index contributed by atoms with van der Waals surface area (Å²) < 4.78 is 0. The third-order valence-corrected chi connectivity index (χ3v) is 4.52. The maximum Gasteiger partial charge on any atom is 0.274 e. The predicted octanol–water partition coefficient (Wildman–Crippen LogP) is 2.89. The Labute approximate surface area is 131 Å². The molecule has 0 bridgehead atoms. The Balaban J connectivity index is 1.87. The number of hydrazine groups is 1. The maximum absolute atomic E-state index is 12.8. The van der Waals surface area contributed by atoms with E-state index in [0.717, 1.165) is 17.7 Å².